The summed E-state index contributed by atoms with van der Waals surface area (Å²) < 4.78 is 0. The molecule has 0 atom stereocenters. The van der Waals surface area contributed by atoms with Gasteiger partial charge in [-0.05, 0) is 37.3 Å². The molecule has 0 radical (unpaired) electrons. The first kappa shape index (κ1) is 39.5. The van der Waals surface area contributed by atoms with E-state index in [1.165, 1.54) is 141 Å². The molecule has 3 heteroatoms. The van der Waals surface area contributed by atoms with Gasteiger partial charge in [0.15, 0.2) is 0 Å². The van der Waals surface area contributed by atoms with Gasteiger partial charge in [-0.1, -0.05) is 174 Å². The summed E-state index contributed by atoms with van der Waals surface area (Å²) in [6.45, 7) is 4.55. The summed E-state index contributed by atoms with van der Waals surface area (Å²) in [6, 6.07) is 3.99. The van der Waals surface area contributed by atoms with Crippen molar-refractivity contribution in [2.45, 2.75) is 206 Å². The van der Waals surface area contributed by atoms with Crippen molar-refractivity contribution in [2.75, 3.05) is 0 Å². The number of nitrogens with zero attached hydrogens (tertiary/aromatic N) is 1. The molecule has 1 aromatic rings. The molecule has 0 aliphatic rings. The molecule has 3 nitrogen and oxygen atoms in total. The molecule has 0 aliphatic heterocycles. The largest absolute Gasteiger partial charge is 0.299 e. The van der Waals surface area contributed by atoms with Crippen LogP contribution in [0, 0.1) is 5.92 Å². The van der Waals surface area contributed by atoms with Gasteiger partial charge in [0.1, 0.15) is 11.6 Å². The summed E-state index contributed by atoms with van der Waals surface area (Å²) in [4.78, 5) is 30.6. The Labute approximate surface area is 268 Å². The lowest BCUT2D eigenvalue weighted by molar-refractivity contribution is -0.133. The highest BCUT2D eigenvalue weighted by molar-refractivity contribution is 6.02. The zero-order valence-electron chi connectivity index (χ0n) is 28.9. The zero-order chi connectivity index (χ0) is 31.1. The summed E-state index contributed by atoms with van der Waals surface area (Å²) >= 11 is 0. The molecular weight excluding hydrogens is 526 g/mol. The lowest BCUT2D eigenvalue weighted by Gasteiger charge is -2.15. The van der Waals surface area contributed by atoms with Crippen LogP contribution in [0.15, 0.2) is 24.5 Å². The molecule has 0 aromatic carbocycles. The third kappa shape index (κ3) is 24.5. The van der Waals surface area contributed by atoms with Crippen LogP contribution in [0.4, 0.5) is 0 Å². The Balaban J connectivity index is 2.21. The Morgan fingerprint density at radius 2 is 0.884 bits per heavy atom. The third-order valence-electron chi connectivity index (χ3n) is 9.28. The predicted octanol–water partition coefficient (Wildman–Crippen LogP) is 12.7. The van der Waals surface area contributed by atoms with Crippen LogP contribution in [0.3, 0.4) is 0 Å². The van der Waals surface area contributed by atoms with Crippen molar-refractivity contribution in [3.63, 3.8) is 0 Å². The van der Waals surface area contributed by atoms with Crippen molar-refractivity contribution in [3.8, 4) is 0 Å². The van der Waals surface area contributed by atoms with E-state index in [0.717, 1.165) is 37.7 Å². The number of pyridine rings is 1. The fourth-order valence-corrected chi connectivity index (χ4v) is 6.34. The Hall–Kier alpha value is -1.51. The maximum Gasteiger partial charge on any atom is 0.143 e. The second-order valence-electron chi connectivity index (χ2n) is 13.4. The average Bonchev–Trinajstić information content (AvgIpc) is 3.02. The Morgan fingerprint density at radius 1 is 0.535 bits per heavy atom. The van der Waals surface area contributed by atoms with Gasteiger partial charge >= 0.3 is 0 Å². The highest BCUT2D eigenvalue weighted by Gasteiger charge is 2.25. The maximum atomic E-state index is 13.2. The van der Waals surface area contributed by atoms with Crippen molar-refractivity contribution in [3.05, 3.63) is 30.1 Å². The number of ketones is 2. The van der Waals surface area contributed by atoms with Gasteiger partial charge in [0, 0.05) is 25.2 Å². The number of carbonyl (C=O) groups excluding carboxylic acids is 2. The summed E-state index contributed by atoms with van der Waals surface area (Å²) in [5, 5.41) is 0. The molecule has 1 heterocycles. The van der Waals surface area contributed by atoms with Crippen molar-refractivity contribution in [2.24, 2.45) is 5.92 Å². The van der Waals surface area contributed by atoms with E-state index in [2.05, 4.69) is 24.9 Å². The topological polar surface area (TPSA) is 47.0 Å². The van der Waals surface area contributed by atoms with Crippen LogP contribution in [-0.4, -0.2) is 16.6 Å². The number of Topliss-reactive ketones (excluding diaryl/α,β-unsaturated/α-hetero) is 2. The van der Waals surface area contributed by atoms with E-state index in [1.807, 2.05) is 12.3 Å². The van der Waals surface area contributed by atoms with E-state index in [0.29, 0.717) is 19.3 Å². The monoisotopic (exact) mass is 598 g/mol. The van der Waals surface area contributed by atoms with Crippen molar-refractivity contribution >= 4 is 11.6 Å². The summed E-state index contributed by atoms with van der Waals surface area (Å²) in [5.74, 6) is -0.0480. The Morgan fingerprint density at radius 3 is 1.21 bits per heavy atom. The van der Waals surface area contributed by atoms with Gasteiger partial charge < -0.3 is 0 Å². The Kier molecular flexibility index (Phi) is 28.0. The number of carbonyl (C=O) groups is 2. The van der Waals surface area contributed by atoms with Gasteiger partial charge in [-0.2, -0.15) is 0 Å². The van der Waals surface area contributed by atoms with E-state index in [9.17, 15) is 9.59 Å². The molecule has 0 aliphatic carbocycles. The minimum absolute atomic E-state index is 0.187. The quantitative estimate of drug-likeness (QED) is 0.0598. The minimum Gasteiger partial charge on any atom is -0.299 e. The van der Waals surface area contributed by atoms with Crippen LogP contribution in [0.5, 0.6) is 0 Å². The zero-order valence-corrected chi connectivity index (χ0v) is 28.9. The van der Waals surface area contributed by atoms with E-state index in [4.69, 9.17) is 0 Å². The number of unbranched alkanes of at least 4 members (excludes halogenated alkanes) is 24. The predicted molar refractivity (Wildman–Crippen MR) is 187 cm³/mol. The van der Waals surface area contributed by atoms with Crippen molar-refractivity contribution in [1.29, 1.82) is 0 Å². The molecular formula is C40H71NO2. The fraction of sp³-hybridized carbons (Fsp3) is 0.825. The van der Waals surface area contributed by atoms with Crippen LogP contribution < -0.4 is 0 Å². The van der Waals surface area contributed by atoms with Crippen LogP contribution in [0.1, 0.15) is 206 Å². The summed E-state index contributed by atoms with van der Waals surface area (Å²) in [6.07, 6.45) is 40.1. The second kappa shape index (κ2) is 30.5. The molecule has 0 saturated heterocycles. The average molecular weight is 598 g/mol. The molecule has 1 aromatic heterocycles. The van der Waals surface area contributed by atoms with Crippen molar-refractivity contribution in [1.82, 2.24) is 4.98 Å². The summed E-state index contributed by atoms with van der Waals surface area (Å²) in [5.41, 5.74) is 1.12. The normalized spacial score (nSPS) is 11.4. The van der Waals surface area contributed by atoms with E-state index in [-0.39, 0.29) is 11.6 Å². The minimum atomic E-state index is -0.421. The van der Waals surface area contributed by atoms with Crippen LogP contribution in [0.25, 0.3) is 0 Å². The molecule has 0 N–H and O–H groups in total. The van der Waals surface area contributed by atoms with Gasteiger partial charge in [-0.25, -0.2) is 0 Å². The van der Waals surface area contributed by atoms with E-state index in [1.54, 1.807) is 6.20 Å². The number of rotatable bonds is 33. The first-order chi connectivity index (χ1) is 21.2. The molecule has 0 saturated carbocycles. The molecule has 0 spiro atoms. The molecule has 1 rings (SSSR count). The van der Waals surface area contributed by atoms with Gasteiger partial charge in [0.05, 0.1) is 5.92 Å². The highest BCUT2D eigenvalue weighted by atomic mass is 16.1. The number of aryl methyl sites for hydroxylation is 1. The number of hydrogen-bond acceptors (Lipinski definition) is 3. The summed E-state index contributed by atoms with van der Waals surface area (Å²) in [7, 11) is 0. The molecule has 0 amide bonds. The molecule has 43 heavy (non-hydrogen) atoms. The SMILES string of the molecule is CCCCCCCCCCCCCCCC(=O)C(CCc1cccnc1)C(=O)CCCCCCCCCCCCCCC. The van der Waals surface area contributed by atoms with Gasteiger partial charge in [-0.15, -0.1) is 0 Å². The lowest BCUT2D eigenvalue weighted by atomic mass is 9.87. The smallest absolute Gasteiger partial charge is 0.143 e. The standard InChI is InChI=1S/C40H71NO2/c1-3-5-7-9-11-13-15-17-19-21-23-25-27-31-39(42)38(34-33-37-30-29-35-41-36-37)40(43)32-28-26-24-22-20-18-16-14-12-10-8-6-4-2/h29-30,35-36,38H,3-28,31-34H2,1-2H3. The van der Waals surface area contributed by atoms with Crippen LogP contribution >= 0.6 is 0 Å². The molecule has 248 valence electrons. The van der Waals surface area contributed by atoms with Gasteiger partial charge in [0.2, 0.25) is 0 Å². The second-order valence-corrected chi connectivity index (χ2v) is 13.4. The van der Waals surface area contributed by atoms with Gasteiger partial charge in [0.25, 0.3) is 0 Å². The van der Waals surface area contributed by atoms with Gasteiger partial charge in [-0.3, -0.25) is 14.6 Å². The molecule has 0 unspecified atom stereocenters. The third-order valence-corrected chi connectivity index (χ3v) is 9.28. The maximum absolute atomic E-state index is 13.2. The van der Waals surface area contributed by atoms with E-state index >= 15 is 0 Å². The highest BCUT2D eigenvalue weighted by Crippen LogP contribution is 2.20. The first-order valence-corrected chi connectivity index (χ1v) is 19.1. The van der Waals surface area contributed by atoms with Crippen molar-refractivity contribution < 1.29 is 9.59 Å². The van der Waals surface area contributed by atoms with E-state index < -0.39 is 5.92 Å². The number of aromatic nitrogens is 1. The Bertz CT molecular complexity index is 704. The first-order valence-electron chi connectivity index (χ1n) is 19.1. The van der Waals surface area contributed by atoms with Crippen LogP contribution in [0.2, 0.25) is 0 Å². The lowest BCUT2D eigenvalue weighted by Crippen LogP contribution is -2.25. The molecule has 0 fully saturated rings. The van der Waals surface area contributed by atoms with Crippen LogP contribution in [-0.2, 0) is 16.0 Å². The fourth-order valence-electron chi connectivity index (χ4n) is 6.34. The molecule has 0 bridgehead atoms. The number of hydrogen-bond donors (Lipinski definition) is 0.